The minimum Gasteiger partial charge on any atom is -0.457 e. The summed E-state index contributed by atoms with van der Waals surface area (Å²) in [5.41, 5.74) is -1.51. The number of cyclic esters (lactones) is 1. The van der Waals surface area contributed by atoms with Crippen LogP contribution < -0.4 is 0 Å². The van der Waals surface area contributed by atoms with Gasteiger partial charge < -0.3 is 48.8 Å². The molecule has 0 bridgehead atoms. The quantitative estimate of drug-likeness (QED) is 0.0823. The number of aliphatic hydroxyl groups excluding tert-OH is 2. The summed E-state index contributed by atoms with van der Waals surface area (Å²) in [5, 5.41) is 32.2. The van der Waals surface area contributed by atoms with Crippen molar-refractivity contribution in [2.24, 2.45) is 11.8 Å². The van der Waals surface area contributed by atoms with Crippen LogP contribution in [0.1, 0.15) is 87.5 Å². The largest absolute Gasteiger partial charge is 0.457 e. The highest BCUT2D eigenvalue weighted by atomic mass is 16.7. The van der Waals surface area contributed by atoms with Crippen LogP contribution >= 0.6 is 0 Å². The Morgan fingerprint density at radius 1 is 1.20 bits per heavy atom. The SMILES string of the molecule is CCOC(C)OC1(C)CCC(O)CC(=O)OC(/C(C)=C/C=C/C(C)(O)CC2OC2C(C)C(O)CC)C(C)/C=C/C1OC(=O)N1CCN(C)CC1. The number of carbonyl (C=O) groups is 2. The number of hydrogen-bond acceptors (Lipinski definition) is 11. The number of hydrogen-bond donors (Lipinski definition) is 3. The zero-order valence-electron chi connectivity index (χ0n) is 31.7. The standard InChI is InChI=1S/C38H64N2O10/c1-10-30(42)27(5)35-31(47-35)24-37(7,45)17-12-13-25(3)34-26(4)14-15-32(48-36(44)40-21-19-39(9)20-22-40)38(8,50-28(6)46-11-2)18-16-29(41)23-33(43)49-34/h12-15,17,26-32,34-35,41-42,45H,10-11,16,18-24H2,1-9H3/b15-14+,17-12+,25-13+. The molecule has 3 aliphatic heterocycles. The van der Waals surface area contributed by atoms with Gasteiger partial charge in [-0.3, -0.25) is 4.79 Å². The molecule has 3 heterocycles. The number of esters is 1. The van der Waals surface area contributed by atoms with E-state index in [0.29, 0.717) is 32.5 Å². The molecule has 3 aliphatic rings. The Hall–Kier alpha value is -2.32. The number of ether oxygens (including phenoxy) is 5. The van der Waals surface area contributed by atoms with Gasteiger partial charge in [0, 0.05) is 51.0 Å². The summed E-state index contributed by atoms with van der Waals surface area (Å²) < 4.78 is 30.0. The van der Waals surface area contributed by atoms with Gasteiger partial charge in [0.2, 0.25) is 0 Å². The van der Waals surface area contributed by atoms with Gasteiger partial charge in [-0.25, -0.2) is 4.79 Å². The van der Waals surface area contributed by atoms with Crippen molar-refractivity contribution in [1.29, 1.82) is 0 Å². The lowest BCUT2D eigenvalue weighted by Crippen LogP contribution is -2.51. The number of aliphatic hydroxyl groups is 3. The molecule has 3 rings (SSSR count). The van der Waals surface area contributed by atoms with E-state index in [4.69, 9.17) is 23.7 Å². The van der Waals surface area contributed by atoms with E-state index in [1.165, 1.54) is 0 Å². The lowest BCUT2D eigenvalue weighted by Gasteiger charge is -2.40. The number of piperazine rings is 1. The van der Waals surface area contributed by atoms with Crippen LogP contribution in [0.5, 0.6) is 0 Å². The maximum absolute atomic E-state index is 13.5. The molecule has 11 unspecified atom stereocenters. The number of nitrogens with zero attached hydrogens (tertiary/aromatic N) is 2. The molecule has 0 aromatic carbocycles. The van der Waals surface area contributed by atoms with Gasteiger partial charge in [-0.2, -0.15) is 0 Å². The Morgan fingerprint density at radius 2 is 1.88 bits per heavy atom. The first kappa shape index (κ1) is 42.1. The van der Waals surface area contributed by atoms with Gasteiger partial charge in [-0.15, -0.1) is 0 Å². The molecule has 2 saturated heterocycles. The number of likely N-dealkylation sites (N-methyl/N-ethyl adjacent to an activating group) is 1. The third kappa shape index (κ3) is 12.7. The Bertz CT molecular complexity index is 1180. The lowest BCUT2D eigenvalue weighted by molar-refractivity contribution is -0.222. The first-order valence-corrected chi connectivity index (χ1v) is 18.4. The van der Waals surface area contributed by atoms with E-state index in [0.717, 1.165) is 18.7 Å². The molecule has 0 aliphatic carbocycles. The molecular weight excluding hydrogens is 644 g/mol. The van der Waals surface area contributed by atoms with Gasteiger partial charge >= 0.3 is 12.1 Å². The van der Waals surface area contributed by atoms with Crippen molar-refractivity contribution >= 4 is 12.1 Å². The van der Waals surface area contributed by atoms with E-state index in [9.17, 15) is 24.9 Å². The average Bonchev–Trinajstić information content (AvgIpc) is 3.81. The van der Waals surface area contributed by atoms with Gasteiger partial charge in [0.1, 0.15) is 11.7 Å². The van der Waals surface area contributed by atoms with Crippen LogP contribution in [0.3, 0.4) is 0 Å². The summed E-state index contributed by atoms with van der Waals surface area (Å²) in [6.45, 7) is 17.9. The van der Waals surface area contributed by atoms with Gasteiger partial charge in [0.15, 0.2) is 12.4 Å². The van der Waals surface area contributed by atoms with E-state index in [1.807, 2.05) is 54.7 Å². The summed E-state index contributed by atoms with van der Waals surface area (Å²) in [5.74, 6) is -0.898. The summed E-state index contributed by atoms with van der Waals surface area (Å²) >= 11 is 0. The van der Waals surface area contributed by atoms with E-state index >= 15 is 0 Å². The Kier molecular flexibility index (Phi) is 16.0. The number of epoxide rings is 1. The van der Waals surface area contributed by atoms with E-state index < -0.39 is 54.0 Å². The van der Waals surface area contributed by atoms with Gasteiger partial charge in [-0.1, -0.05) is 45.1 Å². The molecule has 2 fully saturated rings. The van der Waals surface area contributed by atoms with Crippen LogP contribution in [-0.4, -0.2) is 131 Å². The minimum absolute atomic E-state index is 0.0110. The maximum Gasteiger partial charge on any atom is 0.410 e. The summed E-state index contributed by atoms with van der Waals surface area (Å²) in [6, 6.07) is 0. The minimum atomic E-state index is -1.16. The van der Waals surface area contributed by atoms with Gasteiger partial charge in [-0.05, 0) is 72.6 Å². The van der Waals surface area contributed by atoms with Crippen LogP contribution in [0, 0.1) is 11.8 Å². The molecule has 0 aromatic heterocycles. The molecule has 12 nitrogen and oxygen atoms in total. The predicted molar refractivity (Wildman–Crippen MR) is 190 cm³/mol. The molecular formula is C38H64N2O10. The molecule has 286 valence electrons. The van der Waals surface area contributed by atoms with E-state index in [-0.39, 0.29) is 43.3 Å². The van der Waals surface area contributed by atoms with E-state index in [2.05, 4.69) is 4.90 Å². The summed E-state index contributed by atoms with van der Waals surface area (Å²) in [7, 11) is 2.02. The average molecular weight is 709 g/mol. The second kappa shape index (κ2) is 19.0. The second-order valence-electron chi connectivity index (χ2n) is 14.9. The second-order valence-corrected chi connectivity index (χ2v) is 14.9. The normalized spacial score (nSPS) is 34.1. The molecule has 0 saturated carbocycles. The topological polar surface area (TPSA) is 151 Å². The first-order chi connectivity index (χ1) is 23.5. The Balaban J connectivity index is 1.85. The van der Waals surface area contributed by atoms with Gasteiger partial charge in [0.05, 0.1) is 36.4 Å². The molecule has 1 amide bonds. The van der Waals surface area contributed by atoms with Crippen molar-refractivity contribution in [2.75, 3.05) is 39.8 Å². The van der Waals surface area contributed by atoms with Crippen LogP contribution in [-0.2, 0) is 28.5 Å². The molecule has 3 N–H and O–H groups in total. The number of allylic oxidation sites excluding steroid dienone is 2. The third-order valence-corrected chi connectivity index (χ3v) is 10.2. The third-order valence-electron chi connectivity index (χ3n) is 10.2. The summed E-state index contributed by atoms with van der Waals surface area (Å²) in [6.07, 6.45) is 5.96. The number of carbonyl (C=O) groups excluding carboxylic acids is 2. The smallest absolute Gasteiger partial charge is 0.410 e. The van der Waals surface area contributed by atoms with Crippen LogP contribution in [0.15, 0.2) is 36.0 Å². The van der Waals surface area contributed by atoms with Crippen molar-refractivity contribution in [3.8, 4) is 0 Å². The van der Waals surface area contributed by atoms with Crippen molar-refractivity contribution in [1.82, 2.24) is 9.80 Å². The molecule has 11 atom stereocenters. The highest BCUT2D eigenvalue weighted by Crippen LogP contribution is 2.38. The van der Waals surface area contributed by atoms with Crippen molar-refractivity contribution in [3.63, 3.8) is 0 Å². The van der Waals surface area contributed by atoms with Crippen molar-refractivity contribution < 1.29 is 48.6 Å². The maximum atomic E-state index is 13.5. The Labute approximate surface area is 299 Å². The molecule has 0 aromatic rings. The monoisotopic (exact) mass is 708 g/mol. The van der Waals surface area contributed by atoms with Crippen LogP contribution in [0.4, 0.5) is 4.79 Å². The van der Waals surface area contributed by atoms with E-state index in [1.54, 1.807) is 43.1 Å². The number of amides is 1. The fraction of sp³-hybridized carbons (Fsp3) is 0.789. The summed E-state index contributed by atoms with van der Waals surface area (Å²) in [4.78, 5) is 30.4. The van der Waals surface area contributed by atoms with Crippen LogP contribution in [0.2, 0.25) is 0 Å². The molecule has 0 radical (unpaired) electrons. The molecule has 0 spiro atoms. The first-order valence-electron chi connectivity index (χ1n) is 18.4. The fourth-order valence-corrected chi connectivity index (χ4v) is 6.74. The van der Waals surface area contributed by atoms with Crippen LogP contribution in [0.25, 0.3) is 0 Å². The predicted octanol–water partition coefficient (Wildman–Crippen LogP) is 4.36. The zero-order chi connectivity index (χ0) is 37.2. The lowest BCUT2D eigenvalue weighted by atomic mass is 9.88. The van der Waals surface area contributed by atoms with Crippen molar-refractivity contribution in [3.05, 3.63) is 36.0 Å². The number of rotatable bonds is 13. The van der Waals surface area contributed by atoms with Gasteiger partial charge in [0.25, 0.3) is 0 Å². The fourth-order valence-electron chi connectivity index (χ4n) is 6.74. The van der Waals surface area contributed by atoms with Crippen molar-refractivity contribution in [2.45, 2.75) is 142 Å². The molecule has 50 heavy (non-hydrogen) atoms. The molecule has 12 heteroatoms. The highest BCUT2D eigenvalue weighted by molar-refractivity contribution is 5.70. The zero-order valence-corrected chi connectivity index (χ0v) is 31.7. The highest BCUT2D eigenvalue weighted by Gasteiger charge is 2.47. The Morgan fingerprint density at radius 3 is 2.52 bits per heavy atom.